The van der Waals surface area contributed by atoms with E-state index in [0.717, 1.165) is 57.8 Å². The van der Waals surface area contributed by atoms with Crippen LogP contribution in [-0.2, 0) is 28.6 Å². The lowest BCUT2D eigenvalue weighted by molar-refractivity contribution is -0.889. The predicted octanol–water partition coefficient (Wildman–Crippen LogP) is 9.46. The maximum atomic E-state index is 12.6. The lowest BCUT2D eigenvalue weighted by Gasteiger charge is -2.34. The van der Waals surface area contributed by atoms with Crippen molar-refractivity contribution in [3.8, 4) is 0 Å². The Labute approximate surface area is 323 Å². The third-order valence-electron chi connectivity index (χ3n) is 8.62. The zero-order valence-electron chi connectivity index (χ0n) is 34.2. The number of carbonyl (C=O) groups excluding carboxylic acids is 3. The second-order valence-corrected chi connectivity index (χ2v) is 14.5. The number of carbonyl (C=O) groups is 3. The van der Waals surface area contributed by atoms with Crippen molar-refractivity contribution >= 4 is 17.9 Å². The zero-order valence-corrected chi connectivity index (χ0v) is 34.2. The van der Waals surface area contributed by atoms with Gasteiger partial charge in [-0.15, -0.1) is 0 Å². The summed E-state index contributed by atoms with van der Waals surface area (Å²) >= 11 is 0. The van der Waals surface area contributed by atoms with E-state index in [1.165, 1.54) is 44.9 Å². The van der Waals surface area contributed by atoms with Crippen molar-refractivity contribution in [3.05, 3.63) is 72.9 Å². The van der Waals surface area contributed by atoms with E-state index in [4.69, 9.17) is 14.2 Å². The Kier molecular flexibility index (Phi) is 33.6. The van der Waals surface area contributed by atoms with Crippen molar-refractivity contribution in [1.82, 2.24) is 0 Å². The van der Waals surface area contributed by atoms with Crippen LogP contribution < -0.4 is 5.11 Å². The molecule has 0 rings (SSSR count). The molecule has 0 N–H and O–H groups in total. The fourth-order valence-electron chi connectivity index (χ4n) is 5.45. The molecular formula is C45H75NO7. The smallest absolute Gasteiger partial charge is 0.306 e. The van der Waals surface area contributed by atoms with Crippen molar-refractivity contribution in [2.75, 3.05) is 41.0 Å². The summed E-state index contributed by atoms with van der Waals surface area (Å²) in [6.07, 6.45) is 43.7. The second-order valence-electron chi connectivity index (χ2n) is 14.5. The number of likely N-dealkylation sites (N-methyl/N-ethyl adjacent to an activating group) is 1. The molecule has 0 aliphatic heterocycles. The van der Waals surface area contributed by atoms with Crippen molar-refractivity contribution in [1.29, 1.82) is 0 Å². The highest BCUT2D eigenvalue weighted by atomic mass is 16.6. The summed E-state index contributed by atoms with van der Waals surface area (Å²) in [6.45, 7) is 4.43. The minimum atomic E-state index is -1.14. The Balaban J connectivity index is 4.49. The number of hydrogen-bond donors (Lipinski definition) is 0. The number of allylic oxidation sites excluding steroid dienone is 12. The van der Waals surface area contributed by atoms with Crippen molar-refractivity contribution in [2.24, 2.45) is 0 Å². The van der Waals surface area contributed by atoms with Gasteiger partial charge in [-0.3, -0.25) is 9.59 Å². The Hall–Kier alpha value is -3.23. The summed E-state index contributed by atoms with van der Waals surface area (Å²) in [4.78, 5) is 36.7. The summed E-state index contributed by atoms with van der Waals surface area (Å²) in [5.74, 6) is -1.85. The third kappa shape index (κ3) is 34.3. The summed E-state index contributed by atoms with van der Waals surface area (Å²) in [5.41, 5.74) is 0. The van der Waals surface area contributed by atoms with Crippen LogP contribution in [0.15, 0.2) is 72.9 Å². The number of rotatable bonds is 35. The number of unbranched alkanes of at least 4 members (excludes halogenated alkanes) is 9. The third-order valence-corrected chi connectivity index (χ3v) is 8.62. The lowest BCUT2D eigenvalue weighted by atomic mass is 10.1. The molecule has 0 saturated carbocycles. The van der Waals surface area contributed by atoms with Crippen molar-refractivity contribution in [2.45, 2.75) is 154 Å². The Morgan fingerprint density at radius 3 is 1.53 bits per heavy atom. The maximum absolute atomic E-state index is 12.6. The van der Waals surface area contributed by atoms with Crippen LogP contribution in [0.25, 0.3) is 0 Å². The minimum absolute atomic E-state index is 0.0150. The van der Waals surface area contributed by atoms with Gasteiger partial charge in [0, 0.05) is 19.3 Å². The molecule has 0 radical (unpaired) electrons. The molecule has 53 heavy (non-hydrogen) atoms. The molecule has 0 heterocycles. The number of esters is 2. The second kappa shape index (κ2) is 35.8. The Bertz CT molecular complexity index is 1100. The molecule has 0 aromatic heterocycles. The molecule has 302 valence electrons. The van der Waals surface area contributed by atoms with Gasteiger partial charge in [0.1, 0.15) is 12.6 Å². The van der Waals surface area contributed by atoms with Gasteiger partial charge in [0.2, 0.25) is 0 Å². The molecule has 0 spiro atoms. The molecule has 0 amide bonds. The van der Waals surface area contributed by atoms with Crippen LogP contribution in [0.5, 0.6) is 0 Å². The number of carboxylic acids is 1. The van der Waals surface area contributed by atoms with E-state index in [9.17, 15) is 19.5 Å². The van der Waals surface area contributed by atoms with Crippen LogP contribution in [0.3, 0.4) is 0 Å². The standard InChI is InChI=1S/C45H75NO7/c1-6-8-10-12-14-16-18-19-20-21-22-23-24-25-26-28-29-31-33-35-43(47)52-40-41(39-51-38-37-42(45(49)50)46(3,4)5)53-44(48)36-34-32-30-27-17-15-13-11-9-7-2/h8,10,14,16,19-20,22-23,25-26,29,31,41-42H,6-7,9,11-13,15,17-18,21,24,27-28,30,32-40H2,1-5H3/b10-8+,16-14+,20-19+,23-22+,26-25+,31-29+. The highest BCUT2D eigenvalue weighted by Gasteiger charge is 2.25. The lowest BCUT2D eigenvalue weighted by Crippen LogP contribution is -2.55. The largest absolute Gasteiger partial charge is 0.544 e. The minimum Gasteiger partial charge on any atom is -0.544 e. The molecule has 0 saturated heterocycles. The van der Waals surface area contributed by atoms with E-state index < -0.39 is 18.1 Å². The fraction of sp³-hybridized carbons (Fsp3) is 0.667. The molecule has 0 aromatic carbocycles. The first-order valence-electron chi connectivity index (χ1n) is 20.5. The molecule has 2 unspecified atom stereocenters. The topological polar surface area (TPSA) is 102 Å². The first kappa shape index (κ1) is 49.8. The average molecular weight is 742 g/mol. The van der Waals surface area contributed by atoms with Gasteiger partial charge in [-0.1, -0.05) is 145 Å². The summed E-state index contributed by atoms with van der Waals surface area (Å²) in [7, 11) is 5.37. The van der Waals surface area contributed by atoms with Crippen LogP contribution in [0, 0.1) is 0 Å². The van der Waals surface area contributed by atoms with Crippen LogP contribution in [0.1, 0.15) is 142 Å². The van der Waals surface area contributed by atoms with E-state index in [1.54, 1.807) is 21.1 Å². The number of hydrogen-bond acceptors (Lipinski definition) is 7. The first-order valence-corrected chi connectivity index (χ1v) is 20.5. The molecule has 0 aliphatic carbocycles. The molecule has 8 nitrogen and oxygen atoms in total. The fourth-order valence-corrected chi connectivity index (χ4v) is 5.45. The average Bonchev–Trinajstić information content (AvgIpc) is 3.11. The van der Waals surface area contributed by atoms with Crippen LogP contribution in [-0.4, -0.2) is 75.5 Å². The SMILES string of the molecule is CC/C=C/C/C=C/C/C=C/C/C=C/C/C=C/C/C=C/CCC(=O)OCC(COCCC(C(=O)[O-])[N+](C)(C)C)OC(=O)CCCCCCCCCCCC. The predicted molar refractivity (Wildman–Crippen MR) is 217 cm³/mol. The molecule has 0 aliphatic rings. The highest BCUT2D eigenvalue weighted by Crippen LogP contribution is 2.13. The highest BCUT2D eigenvalue weighted by molar-refractivity contribution is 5.70. The van der Waals surface area contributed by atoms with Gasteiger partial charge in [0.25, 0.3) is 0 Å². The van der Waals surface area contributed by atoms with Gasteiger partial charge in [0.15, 0.2) is 6.10 Å². The number of carboxylic acid groups (broad SMARTS) is 1. The molecular weight excluding hydrogens is 666 g/mol. The van der Waals surface area contributed by atoms with Gasteiger partial charge < -0.3 is 28.6 Å². The van der Waals surface area contributed by atoms with Crippen LogP contribution >= 0.6 is 0 Å². The number of aliphatic carboxylic acids is 1. The quantitative estimate of drug-likeness (QED) is 0.0276. The number of nitrogens with zero attached hydrogens (tertiary/aromatic N) is 1. The summed E-state index contributed by atoms with van der Waals surface area (Å²) < 4.78 is 17.0. The molecule has 0 bridgehead atoms. The van der Waals surface area contributed by atoms with E-state index in [0.29, 0.717) is 12.8 Å². The molecule has 0 aromatic rings. The Morgan fingerprint density at radius 2 is 1.06 bits per heavy atom. The summed E-state index contributed by atoms with van der Waals surface area (Å²) in [6, 6.07) is -0.737. The van der Waals surface area contributed by atoms with Crippen molar-refractivity contribution < 1.29 is 38.2 Å². The normalized spacial score (nSPS) is 13.8. The van der Waals surface area contributed by atoms with E-state index in [-0.39, 0.29) is 49.1 Å². The maximum Gasteiger partial charge on any atom is 0.306 e. The van der Waals surface area contributed by atoms with Gasteiger partial charge in [0.05, 0.1) is 40.3 Å². The zero-order chi connectivity index (χ0) is 39.3. The number of ether oxygens (including phenoxy) is 3. The van der Waals surface area contributed by atoms with E-state index in [1.807, 2.05) is 12.2 Å². The van der Waals surface area contributed by atoms with Gasteiger partial charge in [-0.2, -0.15) is 0 Å². The molecule has 8 heteroatoms. The summed E-state index contributed by atoms with van der Waals surface area (Å²) in [5, 5.41) is 11.6. The Morgan fingerprint density at radius 1 is 0.585 bits per heavy atom. The molecule has 2 atom stereocenters. The molecule has 0 fully saturated rings. The van der Waals surface area contributed by atoms with Gasteiger partial charge >= 0.3 is 11.9 Å². The van der Waals surface area contributed by atoms with Crippen LogP contribution in [0.4, 0.5) is 0 Å². The number of quaternary nitrogens is 1. The van der Waals surface area contributed by atoms with E-state index in [2.05, 4.69) is 74.6 Å². The van der Waals surface area contributed by atoms with Gasteiger partial charge in [-0.05, 0) is 51.4 Å². The van der Waals surface area contributed by atoms with E-state index >= 15 is 0 Å². The van der Waals surface area contributed by atoms with Gasteiger partial charge in [-0.25, -0.2) is 0 Å². The monoisotopic (exact) mass is 742 g/mol. The first-order chi connectivity index (χ1) is 25.6. The van der Waals surface area contributed by atoms with Crippen LogP contribution in [0.2, 0.25) is 0 Å². The van der Waals surface area contributed by atoms with Crippen molar-refractivity contribution in [3.63, 3.8) is 0 Å².